The largest absolute Gasteiger partial charge is 0.454 e. The second kappa shape index (κ2) is 7.97. The number of esters is 1. The van der Waals surface area contributed by atoms with E-state index < -0.39 is 23.4 Å². The highest BCUT2D eigenvalue weighted by molar-refractivity contribution is 6.05. The van der Waals surface area contributed by atoms with Crippen molar-refractivity contribution in [3.05, 3.63) is 57.1 Å². The summed E-state index contributed by atoms with van der Waals surface area (Å²) in [5, 5.41) is 13.7. The lowest BCUT2D eigenvalue weighted by Gasteiger charge is -2.11. The third-order valence-electron chi connectivity index (χ3n) is 4.14. The van der Waals surface area contributed by atoms with Crippen molar-refractivity contribution in [3.63, 3.8) is 0 Å². The molecule has 0 saturated heterocycles. The first-order chi connectivity index (χ1) is 13.8. The van der Waals surface area contributed by atoms with Crippen LogP contribution in [0.15, 0.2) is 30.3 Å². The van der Waals surface area contributed by atoms with Crippen LogP contribution >= 0.6 is 0 Å². The molecule has 1 aliphatic heterocycles. The number of fused-ring (bicyclic) bond motifs is 1. The maximum Gasteiger partial charge on any atom is 0.345 e. The number of aryl methyl sites for hydroxylation is 1. The highest BCUT2D eigenvalue weighted by Crippen LogP contribution is 2.37. The maximum absolute atomic E-state index is 12.2. The Morgan fingerprint density at radius 3 is 2.52 bits per heavy atom. The molecule has 2 aromatic carbocycles. The molecule has 1 amide bonds. The summed E-state index contributed by atoms with van der Waals surface area (Å²) < 4.78 is 15.3. The fourth-order valence-corrected chi connectivity index (χ4v) is 2.80. The maximum atomic E-state index is 12.2. The number of nitrogens with one attached hydrogen (secondary N) is 1. The number of carbonyl (C=O) groups is 3. The Morgan fingerprint density at radius 1 is 1.17 bits per heavy atom. The first-order valence-corrected chi connectivity index (χ1v) is 8.43. The molecule has 150 valence electrons. The summed E-state index contributed by atoms with van der Waals surface area (Å²) in [5.41, 5.74) is 0.0239. The van der Waals surface area contributed by atoms with Crippen LogP contribution in [-0.2, 0) is 9.53 Å². The molecular weight excluding hydrogens is 384 g/mol. The SMILES string of the molecule is CC(=O)c1cc2c(cc1NC(=O)COC(=O)c1cccc(C)c1[N+](=O)[O-])OCO2. The molecule has 0 aliphatic carbocycles. The molecule has 1 aliphatic rings. The predicted octanol–water partition coefficient (Wildman–Crippen LogP) is 2.63. The Morgan fingerprint density at radius 2 is 1.86 bits per heavy atom. The number of ketones is 1. The summed E-state index contributed by atoms with van der Waals surface area (Å²) in [6, 6.07) is 7.10. The number of nitro benzene ring substituents is 1. The van der Waals surface area contributed by atoms with Crippen molar-refractivity contribution in [1.29, 1.82) is 0 Å². The minimum absolute atomic E-state index is 0.00301. The molecule has 1 N–H and O–H groups in total. The number of hydrogen-bond acceptors (Lipinski definition) is 8. The quantitative estimate of drug-likeness (QED) is 0.338. The van der Waals surface area contributed by atoms with Crippen LogP contribution in [0.4, 0.5) is 11.4 Å². The van der Waals surface area contributed by atoms with Gasteiger partial charge in [0, 0.05) is 17.2 Å². The zero-order valence-electron chi connectivity index (χ0n) is 15.5. The standard InChI is InChI=1S/C19H16N2O8/c1-10-4-3-5-12(18(10)21(25)26)19(24)27-8-17(23)20-14-7-16-15(28-9-29-16)6-13(14)11(2)22/h3-7H,8-9H2,1-2H3,(H,20,23). The smallest absolute Gasteiger partial charge is 0.345 e. The van der Waals surface area contributed by atoms with E-state index in [2.05, 4.69) is 5.32 Å². The number of ether oxygens (including phenoxy) is 3. The van der Waals surface area contributed by atoms with E-state index in [-0.39, 0.29) is 35.1 Å². The van der Waals surface area contributed by atoms with Crippen molar-refractivity contribution in [1.82, 2.24) is 0 Å². The van der Waals surface area contributed by atoms with Crippen LogP contribution in [0.2, 0.25) is 0 Å². The Kier molecular flexibility index (Phi) is 5.44. The van der Waals surface area contributed by atoms with E-state index in [0.29, 0.717) is 17.1 Å². The van der Waals surface area contributed by atoms with E-state index >= 15 is 0 Å². The number of anilines is 1. The van der Waals surface area contributed by atoms with Crippen LogP contribution in [0.5, 0.6) is 11.5 Å². The number of hydrogen-bond donors (Lipinski definition) is 1. The number of para-hydroxylation sites is 1. The average molecular weight is 400 g/mol. The fraction of sp³-hybridized carbons (Fsp3) is 0.211. The first-order valence-electron chi connectivity index (χ1n) is 8.43. The Labute approximate surface area is 164 Å². The molecule has 1 heterocycles. The van der Waals surface area contributed by atoms with Gasteiger partial charge in [0.1, 0.15) is 5.56 Å². The van der Waals surface area contributed by atoms with E-state index in [9.17, 15) is 24.5 Å². The second-order valence-electron chi connectivity index (χ2n) is 6.16. The third-order valence-corrected chi connectivity index (χ3v) is 4.14. The van der Waals surface area contributed by atoms with E-state index in [1.807, 2.05) is 0 Å². The molecule has 3 rings (SSSR count). The molecule has 10 heteroatoms. The van der Waals surface area contributed by atoms with Crippen LogP contribution in [-0.4, -0.2) is 36.0 Å². The highest BCUT2D eigenvalue weighted by atomic mass is 16.7. The van der Waals surface area contributed by atoms with E-state index in [0.717, 1.165) is 0 Å². The number of amides is 1. The van der Waals surface area contributed by atoms with Gasteiger partial charge in [-0.3, -0.25) is 19.7 Å². The van der Waals surface area contributed by atoms with Crippen LogP contribution in [0.25, 0.3) is 0 Å². The van der Waals surface area contributed by atoms with Gasteiger partial charge in [-0.1, -0.05) is 12.1 Å². The molecule has 0 unspecified atom stereocenters. The fourth-order valence-electron chi connectivity index (χ4n) is 2.80. The molecule has 0 bridgehead atoms. The van der Waals surface area contributed by atoms with E-state index in [1.54, 1.807) is 0 Å². The molecule has 10 nitrogen and oxygen atoms in total. The van der Waals surface area contributed by atoms with Crippen LogP contribution in [0, 0.1) is 17.0 Å². The molecule has 0 radical (unpaired) electrons. The lowest BCUT2D eigenvalue weighted by molar-refractivity contribution is -0.385. The molecule has 0 fully saturated rings. The number of rotatable bonds is 6. The van der Waals surface area contributed by atoms with Crippen molar-refractivity contribution < 1.29 is 33.5 Å². The van der Waals surface area contributed by atoms with Gasteiger partial charge >= 0.3 is 5.97 Å². The van der Waals surface area contributed by atoms with Crippen LogP contribution in [0.1, 0.15) is 33.2 Å². The van der Waals surface area contributed by atoms with Gasteiger partial charge in [0.25, 0.3) is 11.6 Å². The van der Waals surface area contributed by atoms with Crippen molar-refractivity contribution in [2.24, 2.45) is 0 Å². The summed E-state index contributed by atoms with van der Waals surface area (Å²) in [6.45, 7) is 2.11. The number of nitrogens with zero attached hydrogens (tertiary/aromatic N) is 1. The molecule has 0 saturated carbocycles. The molecular formula is C19H16N2O8. The molecule has 0 atom stereocenters. The normalized spacial score (nSPS) is 11.7. The van der Waals surface area contributed by atoms with Gasteiger partial charge in [-0.15, -0.1) is 0 Å². The summed E-state index contributed by atoms with van der Waals surface area (Å²) in [7, 11) is 0. The van der Waals surface area contributed by atoms with Gasteiger partial charge in [0.05, 0.1) is 10.6 Å². The molecule has 0 aromatic heterocycles. The lowest BCUT2D eigenvalue weighted by atomic mass is 10.1. The van der Waals surface area contributed by atoms with Crippen LogP contribution in [0.3, 0.4) is 0 Å². The van der Waals surface area contributed by atoms with E-state index in [4.69, 9.17) is 14.2 Å². The van der Waals surface area contributed by atoms with Gasteiger partial charge in [-0.05, 0) is 26.0 Å². The second-order valence-corrected chi connectivity index (χ2v) is 6.16. The number of carbonyl (C=O) groups excluding carboxylic acids is 3. The summed E-state index contributed by atoms with van der Waals surface area (Å²) in [6.07, 6.45) is 0. The van der Waals surface area contributed by atoms with Crippen molar-refractivity contribution in [2.75, 3.05) is 18.7 Å². The minimum atomic E-state index is -1.01. The number of nitro groups is 1. The van der Waals surface area contributed by atoms with Gasteiger partial charge in [0.2, 0.25) is 6.79 Å². The van der Waals surface area contributed by atoms with Gasteiger partial charge < -0.3 is 19.5 Å². The zero-order chi connectivity index (χ0) is 21.1. The van der Waals surface area contributed by atoms with Crippen LogP contribution < -0.4 is 14.8 Å². The van der Waals surface area contributed by atoms with Gasteiger partial charge in [-0.25, -0.2) is 4.79 Å². The Balaban J connectivity index is 1.72. The van der Waals surface area contributed by atoms with Crippen molar-refractivity contribution in [3.8, 4) is 11.5 Å². The summed E-state index contributed by atoms with van der Waals surface area (Å²) in [4.78, 5) is 46.8. The lowest BCUT2D eigenvalue weighted by Crippen LogP contribution is -2.22. The number of Topliss-reactive ketones (excluding diaryl/α,β-unsaturated/α-hetero) is 1. The Hall–Kier alpha value is -3.95. The van der Waals surface area contributed by atoms with Crippen molar-refractivity contribution in [2.45, 2.75) is 13.8 Å². The average Bonchev–Trinajstić information content (AvgIpc) is 3.12. The molecule has 2 aromatic rings. The molecule has 29 heavy (non-hydrogen) atoms. The monoisotopic (exact) mass is 400 g/mol. The van der Waals surface area contributed by atoms with E-state index in [1.165, 1.54) is 44.2 Å². The summed E-state index contributed by atoms with van der Waals surface area (Å²) >= 11 is 0. The molecule has 0 spiro atoms. The highest BCUT2D eigenvalue weighted by Gasteiger charge is 2.25. The Bertz CT molecular complexity index is 1030. The van der Waals surface area contributed by atoms with Crippen molar-refractivity contribution >= 4 is 29.0 Å². The number of benzene rings is 2. The topological polar surface area (TPSA) is 134 Å². The third kappa shape index (κ3) is 4.15. The predicted molar refractivity (Wildman–Crippen MR) is 99.3 cm³/mol. The summed E-state index contributed by atoms with van der Waals surface area (Å²) in [5.74, 6) is -1.31. The first kappa shape index (κ1) is 19.8. The van der Waals surface area contributed by atoms with Gasteiger partial charge in [0.15, 0.2) is 23.9 Å². The zero-order valence-corrected chi connectivity index (χ0v) is 15.5. The van der Waals surface area contributed by atoms with Gasteiger partial charge in [-0.2, -0.15) is 0 Å². The minimum Gasteiger partial charge on any atom is -0.454 e.